The summed E-state index contributed by atoms with van der Waals surface area (Å²) in [6.45, 7) is 18.6. The number of aliphatic carboxylic acids is 2. The molecule has 0 radical (unpaired) electrons. The normalized spacial score (nSPS) is 18.2. The Morgan fingerprint density at radius 2 is 1.45 bits per heavy atom. The van der Waals surface area contributed by atoms with E-state index in [0.717, 1.165) is 6.42 Å². The van der Waals surface area contributed by atoms with Crippen molar-refractivity contribution in [3.8, 4) is 0 Å². The van der Waals surface area contributed by atoms with Crippen molar-refractivity contribution in [1.82, 2.24) is 20.0 Å². The molecule has 0 unspecified atom stereocenters. The number of methoxy groups -OCH3 is 2. The first-order valence-corrected chi connectivity index (χ1v) is 18.5. The van der Waals surface area contributed by atoms with Crippen LogP contribution in [0, 0.1) is 23.7 Å². The van der Waals surface area contributed by atoms with E-state index in [4.69, 9.17) is 24.1 Å². The van der Waals surface area contributed by atoms with Crippen LogP contribution in [0.4, 0.5) is 18.0 Å². The van der Waals surface area contributed by atoms with Gasteiger partial charge < -0.3 is 44.3 Å². The van der Waals surface area contributed by atoms with Gasteiger partial charge in [-0.05, 0) is 58.3 Å². The van der Waals surface area contributed by atoms with Crippen LogP contribution in [0.3, 0.4) is 0 Å². The number of carboxylic acids is 2. The number of nitrogens with zero attached hydrogens (tertiary/aromatic N) is 3. The number of nitrogens with one attached hydrogen (secondary N) is 1. The molecule has 1 aliphatic rings. The molecule has 1 saturated heterocycles. The average molecular weight is 821 g/mol. The number of carboxylic acid groups (broad SMARTS) is 2. The first kappa shape index (κ1) is 55.4. The summed E-state index contributed by atoms with van der Waals surface area (Å²) in [5, 5.41) is 21.3. The summed E-state index contributed by atoms with van der Waals surface area (Å²) in [5.74, 6) is -6.45. The van der Waals surface area contributed by atoms with Gasteiger partial charge in [0.2, 0.25) is 17.7 Å². The number of ether oxygens (including phenoxy) is 3. The van der Waals surface area contributed by atoms with E-state index in [0.29, 0.717) is 19.4 Å². The maximum atomic E-state index is 14.2. The molecule has 1 fully saturated rings. The Balaban J connectivity index is 0. The zero-order valence-electron chi connectivity index (χ0n) is 35.8. The van der Waals surface area contributed by atoms with Crippen LogP contribution >= 0.6 is 0 Å². The molecule has 2 N–H and O–H groups in total. The van der Waals surface area contributed by atoms with E-state index in [-0.39, 0.29) is 71.6 Å². The predicted octanol–water partition coefficient (Wildman–Crippen LogP) is 0.326. The summed E-state index contributed by atoms with van der Waals surface area (Å²) in [4.78, 5) is 79.7. The zero-order chi connectivity index (χ0) is 43.3. The van der Waals surface area contributed by atoms with Crippen LogP contribution in [0.1, 0.15) is 94.9 Å². The van der Waals surface area contributed by atoms with Gasteiger partial charge in [-0.1, -0.05) is 48.0 Å². The molecular formula is C37H64F3N4NaO11. The average Bonchev–Trinajstić information content (AvgIpc) is 3.55. The minimum atomic E-state index is -5.19. The second-order valence-corrected chi connectivity index (χ2v) is 15.7. The quantitative estimate of drug-likeness (QED) is 0.192. The Kier molecular flexibility index (Phi) is 24.0. The van der Waals surface area contributed by atoms with E-state index in [1.54, 1.807) is 44.5 Å². The molecule has 8 atom stereocenters. The maximum Gasteiger partial charge on any atom is 1.00 e. The van der Waals surface area contributed by atoms with Crippen LogP contribution in [0.15, 0.2) is 0 Å². The fourth-order valence-electron chi connectivity index (χ4n) is 6.64. The maximum absolute atomic E-state index is 14.2. The van der Waals surface area contributed by atoms with Gasteiger partial charge in [-0.25, -0.2) is 4.79 Å². The van der Waals surface area contributed by atoms with Crippen molar-refractivity contribution in [2.75, 3.05) is 34.9 Å². The van der Waals surface area contributed by atoms with Crippen LogP contribution in [0.25, 0.3) is 0 Å². The molecule has 1 aliphatic heterocycles. The van der Waals surface area contributed by atoms with Crippen molar-refractivity contribution in [3.05, 3.63) is 0 Å². The van der Waals surface area contributed by atoms with Crippen LogP contribution in [-0.4, -0.2) is 139 Å². The molecular weight excluding hydrogens is 756 g/mol. The molecule has 1 rings (SSSR count). The molecule has 0 aromatic carbocycles. The van der Waals surface area contributed by atoms with Gasteiger partial charge in [0.15, 0.2) is 0 Å². The SMILES string of the molecule is CC[C@H](C)[C@@H]([C@@H](CC(=O)N1CCC[C@H]1[C@H](OC)[C@@H](C)C(=O)O)OC)N(C)C(=O)[C@@H](NC(=O)[C@H](C(C)C)N(C)C(=O)OC(C)(C)C)C(C)C.O=C([O-])C(F)(F)F.[Na+]. The summed E-state index contributed by atoms with van der Waals surface area (Å²) >= 11 is 0. The van der Waals surface area contributed by atoms with E-state index in [9.17, 15) is 42.3 Å². The number of likely N-dealkylation sites (tertiary alicyclic amines) is 1. The van der Waals surface area contributed by atoms with Crippen molar-refractivity contribution in [3.63, 3.8) is 0 Å². The van der Waals surface area contributed by atoms with Crippen molar-refractivity contribution in [2.24, 2.45) is 23.7 Å². The summed E-state index contributed by atoms with van der Waals surface area (Å²) in [7, 11) is 6.15. The number of carbonyl (C=O) groups excluding carboxylic acids is 5. The predicted molar refractivity (Wildman–Crippen MR) is 194 cm³/mol. The monoisotopic (exact) mass is 820 g/mol. The van der Waals surface area contributed by atoms with Crippen molar-refractivity contribution >= 4 is 35.8 Å². The number of rotatable bonds is 17. The standard InChI is InChI=1S/C35H64N4O9.C2HF3O2.Na/c1-15-22(6)29(25(46-13)19-26(40)39-18-16-17-24(39)30(47-14)23(7)33(43)44)37(11)32(42)27(20(2)3)36-31(41)28(21(4)5)38(12)34(45)48-35(8,9)10;3-2(4,5)1(6)7;/h20-25,27-30H,15-19H2,1-14H3,(H,36,41)(H,43,44);(H,6,7);/q;;+1/p-1/t22-,23+,24-,25+,27-,28-,29-,30+;;/m0../s1. The van der Waals surface area contributed by atoms with Crippen molar-refractivity contribution in [1.29, 1.82) is 0 Å². The van der Waals surface area contributed by atoms with Crippen molar-refractivity contribution in [2.45, 2.75) is 143 Å². The summed E-state index contributed by atoms with van der Waals surface area (Å²) in [6, 6.07) is -2.71. The third-order valence-electron chi connectivity index (χ3n) is 9.70. The van der Waals surface area contributed by atoms with Gasteiger partial charge in [0, 0.05) is 34.9 Å². The molecule has 19 heteroatoms. The van der Waals surface area contributed by atoms with Gasteiger partial charge in [-0.15, -0.1) is 0 Å². The molecule has 4 amide bonds. The van der Waals surface area contributed by atoms with Crippen molar-refractivity contribution < 1.29 is 95.9 Å². The van der Waals surface area contributed by atoms with E-state index in [1.165, 1.54) is 26.2 Å². The molecule has 0 saturated carbocycles. The number of hydrogen-bond donors (Lipinski definition) is 2. The fraction of sp³-hybridized carbons (Fsp3) is 0.838. The number of alkyl halides is 3. The van der Waals surface area contributed by atoms with Gasteiger partial charge in [0.1, 0.15) is 23.7 Å². The Morgan fingerprint density at radius 1 is 0.929 bits per heavy atom. The van der Waals surface area contributed by atoms with Crippen LogP contribution in [0.2, 0.25) is 0 Å². The minimum Gasteiger partial charge on any atom is -0.542 e. The first-order chi connectivity index (χ1) is 25.1. The van der Waals surface area contributed by atoms with E-state index in [2.05, 4.69) is 5.32 Å². The Bertz CT molecular complexity index is 1300. The molecule has 0 aliphatic carbocycles. The van der Waals surface area contributed by atoms with Gasteiger partial charge in [0.05, 0.1) is 36.6 Å². The number of amides is 4. The molecule has 1 heterocycles. The van der Waals surface area contributed by atoms with E-state index >= 15 is 0 Å². The molecule has 0 spiro atoms. The Morgan fingerprint density at radius 3 is 1.82 bits per heavy atom. The number of carbonyl (C=O) groups is 6. The second-order valence-electron chi connectivity index (χ2n) is 15.7. The van der Waals surface area contributed by atoms with E-state index < -0.39 is 72.0 Å². The molecule has 0 aromatic heterocycles. The summed E-state index contributed by atoms with van der Waals surface area (Å²) in [5.41, 5.74) is -0.745. The van der Waals surface area contributed by atoms with Gasteiger partial charge in [-0.3, -0.25) is 24.1 Å². The zero-order valence-corrected chi connectivity index (χ0v) is 37.8. The van der Waals surface area contributed by atoms with Gasteiger partial charge in [-0.2, -0.15) is 13.2 Å². The topological polar surface area (TPSA) is 195 Å². The number of likely N-dealkylation sites (N-methyl/N-ethyl adjacent to an activating group) is 2. The van der Waals surface area contributed by atoms with Crippen LogP contribution in [0.5, 0.6) is 0 Å². The number of hydrogen-bond acceptors (Lipinski definition) is 10. The molecule has 320 valence electrons. The van der Waals surface area contributed by atoms with E-state index in [1.807, 2.05) is 41.5 Å². The summed E-state index contributed by atoms with van der Waals surface area (Å²) in [6.07, 6.45) is -5.15. The van der Waals surface area contributed by atoms with Gasteiger partial charge >= 0.3 is 47.8 Å². The number of halogens is 3. The summed E-state index contributed by atoms with van der Waals surface area (Å²) < 4.78 is 48.5. The fourth-order valence-corrected chi connectivity index (χ4v) is 6.64. The molecule has 0 aromatic rings. The van der Waals surface area contributed by atoms with Gasteiger partial charge in [0.25, 0.3) is 0 Å². The molecule has 15 nitrogen and oxygen atoms in total. The third kappa shape index (κ3) is 16.7. The smallest absolute Gasteiger partial charge is 0.542 e. The first-order valence-electron chi connectivity index (χ1n) is 18.5. The molecule has 56 heavy (non-hydrogen) atoms. The Labute approximate surface area is 352 Å². The van der Waals surface area contributed by atoms with Crippen LogP contribution in [-0.2, 0) is 38.2 Å². The Hall–Kier alpha value is -2.67. The largest absolute Gasteiger partial charge is 1.00 e. The molecule has 0 bridgehead atoms. The minimum absolute atomic E-state index is 0. The third-order valence-corrected chi connectivity index (χ3v) is 9.70. The van der Waals surface area contributed by atoms with Crippen LogP contribution < -0.4 is 40.0 Å². The second kappa shape index (κ2) is 24.3.